The minimum atomic E-state index is -0.393. The molecule has 0 radical (unpaired) electrons. The smallest absolute Gasteiger partial charge is 0.337 e. The number of carbonyl (C=O) groups excluding carboxylic acids is 2. The number of benzene rings is 2. The maximum absolute atomic E-state index is 12.1. The van der Waals surface area contributed by atoms with E-state index in [0.29, 0.717) is 5.56 Å². The summed E-state index contributed by atoms with van der Waals surface area (Å²) in [5, 5.41) is 6.82. The number of esters is 1. The van der Waals surface area contributed by atoms with Gasteiger partial charge in [0.25, 0.3) is 5.91 Å². The van der Waals surface area contributed by atoms with Crippen LogP contribution >= 0.6 is 0 Å². The number of carbonyl (C=O) groups is 2. The van der Waals surface area contributed by atoms with E-state index in [4.69, 9.17) is 4.84 Å². The number of methoxy groups -OCH3 is 1. The first-order valence-corrected chi connectivity index (χ1v) is 8.88. The second-order valence-corrected chi connectivity index (χ2v) is 6.33. The third kappa shape index (κ3) is 4.94. The zero-order valence-electron chi connectivity index (χ0n) is 15.2. The molecule has 0 saturated heterocycles. The Balaban J connectivity index is 1.47. The Labute approximate surface area is 158 Å². The molecule has 1 aliphatic carbocycles. The van der Waals surface area contributed by atoms with Gasteiger partial charge in [0, 0.05) is 0 Å². The summed E-state index contributed by atoms with van der Waals surface area (Å²) in [5.74, 6) is -0.592. The van der Waals surface area contributed by atoms with Gasteiger partial charge in [0.15, 0.2) is 6.61 Å². The van der Waals surface area contributed by atoms with Crippen LogP contribution in [0, 0.1) is 0 Å². The van der Waals surface area contributed by atoms with Gasteiger partial charge in [-0.25, -0.2) is 4.79 Å². The van der Waals surface area contributed by atoms with E-state index in [1.54, 1.807) is 24.3 Å². The third-order valence-corrected chi connectivity index (χ3v) is 4.51. The number of fused-ring (bicyclic) bond motifs is 1. The second kappa shape index (κ2) is 8.98. The second-order valence-electron chi connectivity index (χ2n) is 6.33. The monoisotopic (exact) mass is 366 g/mol. The van der Waals surface area contributed by atoms with Crippen molar-refractivity contribution in [2.24, 2.45) is 5.16 Å². The van der Waals surface area contributed by atoms with E-state index in [-0.39, 0.29) is 18.6 Å². The Bertz CT molecular complexity index is 830. The van der Waals surface area contributed by atoms with Crippen molar-refractivity contribution < 1.29 is 19.2 Å². The van der Waals surface area contributed by atoms with E-state index in [1.807, 2.05) is 12.1 Å². The number of amides is 1. The molecule has 6 nitrogen and oxygen atoms in total. The minimum absolute atomic E-state index is 0.0286. The molecule has 2 aromatic rings. The topological polar surface area (TPSA) is 77.0 Å². The molecule has 1 amide bonds. The fourth-order valence-corrected chi connectivity index (χ4v) is 3.16. The summed E-state index contributed by atoms with van der Waals surface area (Å²) >= 11 is 0. The van der Waals surface area contributed by atoms with Gasteiger partial charge in [-0.1, -0.05) is 41.6 Å². The van der Waals surface area contributed by atoms with Crippen molar-refractivity contribution in [3.05, 3.63) is 70.8 Å². The lowest BCUT2D eigenvalue weighted by molar-refractivity contribution is -0.126. The molecule has 0 heterocycles. The maximum atomic E-state index is 12.1. The largest absolute Gasteiger partial charge is 0.465 e. The average Bonchev–Trinajstić information content (AvgIpc) is 2.71. The first kappa shape index (κ1) is 18.6. The first-order chi connectivity index (χ1) is 13.2. The van der Waals surface area contributed by atoms with Crippen molar-refractivity contribution in [1.29, 1.82) is 0 Å². The summed E-state index contributed by atoms with van der Waals surface area (Å²) in [5.41, 5.74) is 3.70. The molecule has 0 spiro atoms. The number of ether oxygens (including phenoxy) is 1. The van der Waals surface area contributed by atoms with Crippen molar-refractivity contribution in [3.8, 4) is 0 Å². The highest BCUT2D eigenvalue weighted by Gasteiger charge is 2.21. The highest BCUT2D eigenvalue weighted by atomic mass is 16.6. The molecule has 0 bridgehead atoms. The zero-order chi connectivity index (χ0) is 19.1. The van der Waals surface area contributed by atoms with Crippen LogP contribution in [0.15, 0.2) is 53.7 Å². The Hall–Kier alpha value is -3.15. The Kier molecular flexibility index (Phi) is 6.20. The highest BCUT2D eigenvalue weighted by molar-refractivity contribution is 5.90. The lowest BCUT2D eigenvalue weighted by Gasteiger charge is -2.26. The van der Waals surface area contributed by atoms with Gasteiger partial charge in [0.2, 0.25) is 0 Å². The number of nitrogens with one attached hydrogen (secondary N) is 1. The standard InChI is InChI=1S/C21H22N2O4/c1-26-21(25)17-11-9-15(10-12-17)13-22-27-14-20(24)23-19-8-4-6-16-5-2-3-7-18(16)19/h2-3,5,7,9-13,19H,4,6,8,14H2,1H3,(H,23,24)/b22-13-/t19-/m1/s1. The highest BCUT2D eigenvalue weighted by Crippen LogP contribution is 2.29. The molecule has 0 aromatic heterocycles. The summed E-state index contributed by atoms with van der Waals surface area (Å²) in [6.45, 7) is -0.143. The average molecular weight is 366 g/mol. The SMILES string of the molecule is COC(=O)c1ccc(/C=N\OCC(=O)N[C@@H]2CCCc3ccccc32)cc1. The molecular formula is C21H22N2O4. The Morgan fingerprint density at radius 2 is 1.96 bits per heavy atom. The van der Waals surface area contributed by atoms with Crippen molar-refractivity contribution in [3.63, 3.8) is 0 Å². The van der Waals surface area contributed by atoms with Crippen LogP contribution in [0.5, 0.6) is 0 Å². The van der Waals surface area contributed by atoms with Crippen LogP contribution in [0.3, 0.4) is 0 Å². The van der Waals surface area contributed by atoms with Gasteiger partial charge in [-0.05, 0) is 48.1 Å². The number of oxime groups is 1. The zero-order valence-corrected chi connectivity index (χ0v) is 15.2. The Morgan fingerprint density at radius 1 is 1.19 bits per heavy atom. The number of nitrogens with zero attached hydrogens (tertiary/aromatic N) is 1. The fourth-order valence-electron chi connectivity index (χ4n) is 3.16. The van der Waals surface area contributed by atoms with Crippen LogP contribution < -0.4 is 5.32 Å². The lowest BCUT2D eigenvalue weighted by Crippen LogP contribution is -2.33. The van der Waals surface area contributed by atoms with Crippen molar-refractivity contribution in [2.75, 3.05) is 13.7 Å². The molecule has 3 rings (SSSR count). The molecule has 1 atom stereocenters. The summed E-state index contributed by atoms with van der Waals surface area (Å²) in [4.78, 5) is 28.6. The summed E-state index contributed by atoms with van der Waals surface area (Å²) in [7, 11) is 1.34. The third-order valence-electron chi connectivity index (χ3n) is 4.51. The van der Waals surface area contributed by atoms with Gasteiger partial charge >= 0.3 is 5.97 Å². The van der Waals surface area contributed by atoms with Gasteiger partial charge in [-0.15, -0.1) is 0 Å². The minimum Gasteiger partial charge on any atom is -0.465 e. The van der Waals surface area contributed by atoms with Crippen molar-refractivity contribution >= 4 is 18.1 Å². The van der Waals surface area contributed by atoms with Crippen LogP contribution in [0.25, 0.3) is 0 Å². The van der Waals surface area contributed by atoms with Gasteiger partial charge < -0.3 is 14.9 Å². The molecule has 1 N–H and O–H groups in total. The molecule has 1 aliphatic rings. The molecule has 0 fully saturated rings. The van der Waals surface area contributed by atoms with Gasteiger partial charge in [0.05, 0.1) is 24.9 Å². The summed E-state index contributed by atoms with van der Waals surface area (Å²) in [6.07, 6.45) is 4.53. The molecular weight excluding hydrogens is 344 g/mol. The molecule has 0 unspecified atom stereocenters. The van der Waals surface area contributed by atoms with Crippen LogP contribution in [-0.2, 0) is 20.8 Å². The van der Waals surface area contributed by atoms with E-state index >= 15 is 0 Å². The van der Waals surface area contributed by atoms with Crippen LogP contribution in [-0.4, -0.2) is 31.8 Å². The number of hydrogen-bond donors (Lipinski definition) is 1. The predicted octanol–water partition coefficient (Wildman–Crippen LogP) is 3.02. The van der Waals surface area contributed by atoms with Gasteiger partial charge in [0.1, 0.15) is 0 Å². The van der Waals surface area contributed by atoms with E-state index in [1.165, 1.54) is 24.5 Å². The van der Waals surface area contributed by atoms with E-state index in [2.05, 4.69) is 27.3 Å². The molecule has 0 aliphatic heterocycles. The molecule has 0 saturated carbocycles. The maximum Gasteiger partial charge on any atom is 0.337 e. The molecule has 27 heavy (non-hydrogen) atoms. The fraction of sp³-hybridized carbons (Fsp3) is 0.286. The lowest BCUT2D eigenvalue weighted by atomic mass is 9.88. The van der Waals surface area contributed by atoms with Crippen LogP contribution in [0.4, 0.5) is 0 Å². The number of rotatable bonds is 6. The van der Waals surface area contributed by atoms with E-state index < -0.39 is 5.97 Å². The molecule has 6 heteroatoms. The number of hydrogen-bond acceptors (Lipinski definition) is 5. The van der Waals surface area contributed by atoms with Crippen molar-refractivity contribution in [2.45, 2.75) is 25.3 Å². The normalized spacial score (nSPS) is 15.8. The van der Waals surface area contributed by atoms with E-state index in [9.17, 15) is 9.59 Å². The first-order valence-electron chi connectivity index (χ1n) is 8.88. The number of aryl methyl sites for hydroxylation is 1. The van der Waals surface area contributed by atoms with Crippen LogP contribution in [0.1, 0.15) is 45.9 Å². The predicted molar refractivity (Wildman–Crippen MR) is 102 cm³/mol. The van der Waals surface area contributed by atoms with E-state index in [0.717, 1.165) is 24.8 Å². The van der Waals surface area contributed by atoms with Crippen molar-refractivity contribution in [1.82, 2.24) is 5.32 Å². The molecule has 2 aromatic carbocycles. The van der Waals surface area contributed by atoms with Gasteiger partial charge in [-0.2, -0.15) is 0 Å². The van der Waals surface area contributed by atoms with Crippen LogP contribution in [0.2, 0.25) is 0 Å². The van der Waals surface area contributed by atoms with Gasteiger partial charge in [-0.3, -0.25) is 4.79 Å². The summed E-state index contributed by atoms with van der Waals surface area (Å²) in [6, 6.07) is 14.9. The molecule has 140 valence electrons. The Morgan fingerprint density at radius 3 is 2.74 bits per heavy atom. The quantitative estimate of drug-likeness (QED) is 0.484. The summed E-state index contributed by atoms with van der Waals surface area (Å²) < 4.78 is 4.64.